The van der Waals surface area contributed by atoms with Gasteiger partial charge in [-0.15, -0.1) is 10.2 Å². The highest BCUT2D eigenvalue weighted by molar-refractivity contribution is 9.10. The van der Waals surface area contributed by atoms with Crippen LogP contribution in [0.1, 0.15) is 53.0 Å². The first-order valence-electron chi connectivity index (χ1n) is 11.2. The molecule has 0 fully saturated rings. The van der Waals surface area contributed by atoms with Gasteiger partial charge in [0, 0.05) is 4.47 Å². The maximum absolute atomic E-state index is 13.8. The second-order valence-corrected chi connectivity index (χ2v) is 10.1. The Kier molecular flexibility index (Phi) is 6.33. The van der Waals surface area contributed by atoms with E-state index in [9.17, 15) is 9.59 Å². The molecule has 3 heterocycles. The zero-order valence-corrected chi connectivity index (χ0v) is 21.7. The van der Waals surface area contributed by atoms with Crippen LogP contribution in [0.4, 0.5) is 5.13 Å². The number of rotatable bonds is 7. The zero-order chi connectivity index (χ0) is 24.7. The maximum atomic E-state index is 13.8. The van der Waals surface area contributed by atoms with Gasteiger partial charge >= 0.3 is 0 Å². The molecular weight excluding hydrogens is 534 g/mol. The van der Waals surface area contributed by atoms with E-state index in [1.54, 1.807) is 24.3 Å². The molecule has 0 saturated heterocycles. The smallest absolute Gasteiger partial charge is 0.297 e. The molecule has 8 nitrogen and oxygen atoms in total. The van der Waals surface area contributed by atoms with E-state index in [-0.39, 0.29) is 16.8 Å². The van der Waals surface area contributed by atoms with E-state index >= 15 is 0 Å². The van der Waals surface area contributed by atoms with Crippen molar-refractivity contribution < 1.29 is 18.7 Å². The van der Waals surface area contributed by atoms with Gasteiger partial charge in [0.2, 0.25) is 10.9 Å². The van der Waals surface area contributed by atoms with Gasteiger partial charge in [0.05, 0.1) is 30.2 Å². The van der Waals surface area contributed by atoms with E-state index in [0.29, 0.717) is 51.4 Å². The highest BCUT2D eigenvalue weighted by Gasteiger charge is 2.45. The van der Waals surface area contributed by atoms with E-state index in [0.717, 1.165) is 10.9 Å². The first kappa shape index (κ1) is 23.5. The molecule has 0 aliphatic carbocycles. The molecule has 2 aromatic heterocycles. The fraction of sp³-hybridized carbons (Fsp3) is 0.280. The third kappa shape index (κ3) is 4.10. The number of hydrogen-bond acceptors (Lipinski definition) is 8. The second-order valence-electron chi connectivity index (χ2n) is 7.98. The standard InChI is InChI=1S/C25H22BrN3O5S/c1-4-10-33-18-8-6-14(11-19(18)32-5-2)21-20-22(30)16-12-15(26)7-9-17(16)34-23(20)24(31)29(21)25-28-27-13(3)35-25/h6-9,11-12,21H,4-5,10H2,1-3H3. The number of amides is 1. The van der Waals surface area contributed by atoms with Gasteiger partial charge in [-0.3, -0.25) is 14.5 Å². The summed E-state index contributed by atoms with van der Waals surface area (Å²) in [7, 11) is 0. The van der Waals surface area contributed by atoms with Crippen molar-refractivity contribution in [3.63, 3.8) is 0 Å². The summed E-state index contributed by atoms with van der Waals surface area (Å²) in [5, 5.41) is 9.77. The molecule has 1 aliphatic rings. The Bertz CT molecular complexity index is 1500. The second kappa shape index (κ2) is 9.43. The lowest BCUT2D eigenvalue weighted by Gasteiger charge is -2.23. The van der Waals surface area contributed by atoms with Gasteiger partial charge in [-0.2, -0.15) is 0 Å². The minimum atomic E-state index is -0.760. The molecule has 1 amide bonds. The molecule has 4 aromatic rings. The van der Waals surface area contributed by atoms with Crippen molar-refractivity contribution in [2.45, 2.75) is 33.2 Å². The van der Waals surface area contributed by atoms with Crippen LogP contribution in [0.5, 0.6) is 11.5 Å². The molecule has 0 saturated carbocycles. The number of halogens is 1. The fourth-order valence-corrected chi connectivity index (χ4v) is 5.21. The predicted octanol–water partition coefficient (Wildman–Crippen LogP) is 5.65. The Morgan fingerprint density at radius 2 is 1.91 bits per heavy atom. The maximum Gasteiger partial charge on any atom is 0.297 e. The van der Waals surface area contributed by atoms with Crippen LogP contribution in [0, 0.1) is 6.92 Å². The van der Waals surface area contributed by atoms with Gasteiger partial charge in [-0.25, -0.2) is 0 Å². The van der Waals surface area contributed by atoms with Gasteiger partial charge in [-0.05, 0) is 56.2 Å². The van der Waals surface area contributed by atoms with Crippen LogP contribution in [-0.4, -0.2) is 29.3 Å². The molecule has 0 N–H and O–H groups in total. The van der Waals surface area contributed by atoms with E-state index in [1.165, 1.54) is 16.2 Å². The molecule has 0 bridgehead atoms. The monoisotopic (exact) mass is 555 g/mol. The highest BCUT2D eigenvalue weighted by Crippen LogP contribution is 2.44. The normalized spacial score (nSPS) is 15.0. The molecule has 0 spiro atoms. The Morgan fingerprint density at radius 3 is 2.63 bits per heavy atom. The largest absolute Gasteiger partial charge is 0.490 e. The molecule has 35 heavy (non-hydrogen) atoms. The third-order valence-electron chi connectivity index (χ3n) is 5.60. The van der Waals surface area contributed by atoms with Crippen molar-refractivity contribution in [3.05, 3.63) is 73.0 Å². The summed E-state index contributed by atoms with van der Waals surface area (Å²) in [6, 6.07) is 9.84. The SMILES string of the molecule is CCCOc1ccc(C2c3c(oc4ccc(Br)cc4c3=O)C(=O)N2c2nnc(C)s2)cc1OCC. The molecule has 1 aliphatic heterocycles. The van der Waals surface area contributed by atoms with Crippen LogP contribution >= 0.6 is 27.3 Å². The number of ether oxygens (including phenoxy) is 2. The Labute approximate surface area is 213 Å². The molecule has 0 radical (unpaired) electrons. The third-order valence-corrected chi connectivity index (χ3v) is 6.93. The Balaban J connectivity index is 1.75. The molecular formula is C25H22BrN3O5S. The lowest BCUT2D eigenvalue weighted by atomic mass is 9.98. The predicted molar refractivity (Wildman–Crippen MR) is 137 cm³/mol. The van der Waals surface area contributed by atoms with Gasteiger partial charge in [0.15, 0.2) is 16.9 Å². The average molecular weight is 556 g/mol. The minimum Gasteiger partial charge on any atom is -0.490 e. The number of anilines is 1. The topological polar surface area (TPSA) is 94.8 Å². The van der Waals surface area contributed by atoms with Crippen molar-refractivity contribution >= 4 is 49.3 Å². The number of carbonyl (C=O) groups is 1. The van der Waals surface area contributed by atoms with Crippen LogP contribution in [0.15, 0.2) is 50.1 Å². The van der Waals surface area contributed by atoms with Crippen LogP contribution < -0.4 is 19.8 Å². The average Bonchev–Trinajstić information content (AvgIpc) is 3.39. The van der Waals surface area contributed by atoms with Gasteiger partial charge in [-0.1, -0.05) is 40.3 Å². The summed E-state index contributed by atoms with van der Waals surface area (Å²) in [5.41, 5.74) is 1.02. The highest BCUT2D eigenvalue weighted by atomic mass is 79.9. The number of benzene rings is 2. The number of aryl methyl sites for hydroxylation is 1. The molecule has 180 valence electrons. The number of nitrogens with zero attached hydrogens (tertiary/aromatic N) is 3. The lowest BCUT2D eigenvalue weighted by molar-refractivity contribution is 0.0970. The summed E-state index contributed by atoms with van der Waals surface area (Å²) in [4.78, 5) is 28.9. The number of fused-ring (bicyclic) bond motifs is 2. The van der Waals surface area contributed by atoms with Crippen molar-refractivity contribution in [3.8, 4) is 11.5 Å². The molecule has 1 unspecified atom stereocenters. The molecule has 5 rings (SSSR count). The van der Waals surface area contributed by atoms with Crippen LogP contribution in [0.2, 0.25) is 0 Å². The molecule has 1 atom stereocenters. The number of aromatic nitrogens is 2. The first-order chi connectivity index (χ1) is 16.9. The summed E-state index contributed by atoms with van der Waals surface area (Å²) < 4.78 is 18.4. The Hall–Kier alpha value is -3.24. The van der Waals surface area contributed by atoms with Crippen LogP contribution in [0.25, 0.3) is 11.0 Å². The van der Waals surface area contributed by atoms with E-state index in [4.69, 9.17) is 13.9 Å². The van der Waals surface area contributed by atoms with Gasteiger partial charge < -0.3 is 13.9 Å². The van der Waals surface area contributed by atoms with Crippen molar-refractivity contribution in [1.82, 2.24) is 10.2 Å². The quantitative estimate of drug-likeness (QED) is 0.290. The van der Waals surface area contributed by atoms with Crippen molar-refractivity contribution in [2.75, 3.05) is 18.1 Å². The van der Waals surface area contributed by atoms with E-state index < -0.39 is 11.9 Å². The van der Waals surface area contributed by atoms with Crippen LogP contribution in [-0.2, 0) is 0 Å². The molecule has 2 aromatic carbocycles. The van der Waals surface area contributed by atoms with Crippen molar-refractivity contribution in [1.29, 1.82) is 0 Å². The number of hydrogen-bond donors (Lipinski definition) is 0. The number of carbonyl (C=O) groups excluding carboxylic acids is 1. The first-order valence-corrected chi connectivity index (χ1v) is 12.8. The zero-order valence-electron chi connectivity index (χ0n) is 19.3. The summed E-state index contributed by atoms with van der Waals surface area (Å²) in [6.45, 7) is 6.71. The fourth-order valence-electron chi connectivity index (χ4n) is 4.14. The Morgan fingerprint density at radius 1 is 1.09 bits per heavy atom. The summed E-state index contributed by atoms with van der Waals surface area (Å²) in [6.07, 6.45) is 0.853. The molecule has 10 heteroatoms. The van der Waals surface area contributed by atoms with Gasteiger partial charge in [0.1, 0.15) is 10.6 Å². The van der Waals surface area contributed by atoms with E-state index in [1.807, 2.05) is 32.9 Å². The lowest BCUT2D eigenvalue weighted by Crippen LogP contribution is -2.29. The van der Waals surface area contributed by atoms with Crippen LogP contribution in [0.3, 0.4) is 0 Å². The minimum absolute atomic E-state index is 0.00643. The summed E-state index contributed by atoms with van der Waals surface area (Å²) in [5.74, 6) is 0.717. The van der Waals surface area contributed by atoms with Gasteiger partial charge in [0.25, 0.3) is 5.91 Å². The van der Waals surface area contributed by atoms with Crippen molar-refractivity contribution in [2.24, 2.45) is 0 Å². The summed E-state index contributed by atoms with van der Waals surface area (Å²) >= 11 is 4.70. The van der Waals surface area contributed by atoms with E-state index in [2.05, 4.69) is 26.1 Å².